The fourth-order valence-electron chi connectivity index (χ4n) is 2.76. The van der Waals surface area contributed by atoms with Crippen molar-refractivity contribution < 1.29 is 14.0 Å². The van der Waals surface area contributed by atoms with E-state index in [1.54, 1.807) is 22.8 Å². The van der Waals surface area contributed by atoms with Gasteiger partial charge in [-0.25, -0.2) is 9.37 Å². The summed E-state index contributed by atoms with van der Waals surface area (Å²) < 4.78 is 15.6. The minimum absolute atomic E-state index is 0.0121. The zero-order chi connectivity index (χ0) is 18.8. The van der Waals surface area contributed by atoms with E-state index in [4.69, 9.17) is 0 Å². The van der Waals surface area contributed by atoms with Gasteiger partial charge in [-0.1, -0.05) is 60.3 Å². The van der Waals surface area contributed by atoms with Crippen LogP contribution in [0.15, 0.2) is 70.0 Å². The molecule has 0 saturated carbocycles. The molecule has 0 spiro atoms. The van der Waals surface area contributed by atoms with E-state index in [1.807, 2.05) is 30.3 Å². The highest BCUT2D eigenvalue weighted by atomic mass is 32.2. The average Bonchev–Trinajstić information content (AvgIpc) is 3.04. The van der Waals surface area contributed by atoms with E-state index in [-0.39, 0.29) is 17.2 Å². The van der Waals surface area contributed by atoms with Crippen LogP contribution in [-0.2, 0) is 12.3 Å². The molecule has 0 radical (unpaired) electrons. The van der Waals surface area contributed by atoms with Crippen LogP contribution in [0.1, 0.15) is 32.1 Å². The summed E-state index contributed by atoms with van der Waals surface area (Å²) >= 11 is 1.26. The largest absolute Gasteiger partial charge is 0.316 e. The predicted octanol–water partition coefficient (Wildman–Crippen LogP) is 4.11. The van der Waals surface area contributed by atoms with Crippen LogP contribution < -0.4 is 0 Å². The van der Waals surface area contributed by atoms with Crippen LogP contribution in [0.4, 0.5) is 4.39 Å². The Morgan fingerprint density at radius 1 is 0.926 bits per heavy atom. The predicted molar refractivity (Wildman–Crippen MR) is 97.2 cm³/mol. The average molecular weight is 380 g/mol. The molecule has 1 aliphatic heterocycles. The molecule has 2 heterocycles. The van der Waals surface area contributed by atoms with E-state index in [2.05, 4.69) is 15.2 Å². The van der Waals surface area contributed by atoms with Gasteiger partial charge in [0.15, 0.2) is 10.9 Å². The molecule has 1 aliphatic rings. The Morgan fingerprint density at radius 2 is 1.63 bits per heavy atom. The maximum atomic E-state index is 13.9. The van der Waals surface area contributed by atoms with Crippen molar-refractivity contribution >= 4 is 23.6 Å². The highest BCUT2D eigenvalue weighted by molar-refractivity contribution is 7.98. The first-order chi connectivity index (χ1) is 13.1. The molecule has 0 saturated heterocycles. The van der Waals surface area contributed by atoms with Crippen LogP contribution in [-0.4, -0.2) is 21.4 Å². The number of rotatable bonds is 5. The van der Waals surface area contributed by atoms with Gasteiger partial charge < -0.3 is 4.57 Å². The fraction of sp³-hybridized carbons (Fsp3) is 0.105. The number of hydrogen-bond donors (Lipinski definition) is 0. The van der Waals surface area contributed by atoms with Gasteiger partial charge in [-0.05, 0) is 17.2 Å². The smallest absolute Gasteiger partial charge is 0.310 e. The van der Waals surface area contributed by atoms with Crippen molar-refractivity contribution in [2.75, 3.05) is 0 Å². The van der Waals surface area contributed by atoms with E-state index in [0.717, 1.165) is 5.56 Å². The third-order valence-corrected chi connectivity index (χ3v) is 5.09. The van der Waals surface area contributed by atoms with E-state index in [9.17, 15) is 14.0 Å². The van der Waals surface area contributed by atoms with Crippen molar-refractivity contribution in [3.8, 4) is 0 Å². The Bertz CT molecular complexity index is 1060. The van der Waals surface area contributed by atoms with Gasteiger partial charge in [0.05, 0.1) is 6.54 Å². The monoisotopic (exact) mass is 380 g/mol. The number of amides is 2. The number of imidazole rings is 1. The highest BCUT2D eigenvalue weighted by Crippen LogP contribution is 2.29. The fourth-order valence-corrected chi connectivity index (χ4v) is 3.75. The standard InChI is InChI=1S/C19H13FN4O2S/c20-14-9-5-4-8-13(14)11-27-19-21-15-16(18(26)23-22-17(15)25)24(19)10-12-6-2-1-3-7-12/h1-9H,10-11H2. The number of benzene rings is 2. The Labute approximate surface area is 158 Å². The highest BCUT2D eigenvalue weighted by Gasteiger charge is 2.31. The lowest BCUT2D eigenvalue weighted by atomic mass is 10.2. The number of carbonyl (C=O) groups excluding carboxylic acids is 2. The Kier molecular flexibility index (Phi) is 4.64. The second kappa shape index (κ2) is 7.24. The van der Waals surface area contributed by atoms with Crippen molar-refractivity contribution in [3.05, 3.63) is 82.9 Å². The van der Waals surface area contributed by atoms with Gasteiger partial charge in [-0.3, -0.25) is 9.59 Å². The molecule has 1 aromatic heterocycles. The lowest BCUT2D eigenvalue weighted by Crippen LogP contribution is -2.16. The minimum Gasteiger partial charge on any atom is -0.310 e. The third kappa shape index (κ3) is 3.43. The molecular formula is C19H13FN4O2S. The normalized spacial score (nSPS) is 13.1. The summed E-state index contributed by atoms with van der Waals surface area (Å²) in [5.74, 6) is -1.25. The molecule has 0 aliphatic carbocycles. The van der Waals surface area contributed by atoms with Gasteiger partial charge >= 0.3 is 11.8 Å². The van der Waals surface area contributed by atoms with Gasteiger partial charge in [0.1, 0.15) is 11.5 Å². The van der Waals surface area contributed by atoms with Crippen LogP contribution >= 0.6 is 11.8 Å². The molecule has 4 rings (SSSR count). The van der Waals surface area contributed by atoms with Gasteiger partial charge in [0.25, 0.3) is 0 Å². The zero-order valence-electron chi connectivity index (χ0n) is 14.0. The van der Waals surface area contributed by atoms with Crippen LogP contribution in [0.3, 0.4) is 0 Å². The van der Waals surface area contributed by atoms with Crippen molar-refractivity contribution in [2.45, 2.75) is 17.5 Å². The molecule has 3 aromatic rings. The van der Waals surface area contributed by atoms with Crippen LogP contribution in [0.2, 0.25) is 0 Å². The molecule has 134 valence electrons. The van der Waals surface area contributed by atoms with Crippen molar-refractivity contribution in [2.24, 2.45) is 10.2 Å². The van der Waals surface area contributed by atoms with E-state index in [1.165, 1.54) is 17.8 Å². The Morgan fingerprint density at radius 3 is 2.41 bits per heavy atom. The molecule has 0 N–H and O–H groups in total. The maximum absolute atomic E-state index is 13.9. The van der Waals surface area contributed by atoms with Gasteiger partial charge in [0.2, 0.25) is 0 Å². The second-order valence-corrected chi connectivity index (χ2v) is 6.80. The van der Waals surface area contributed by atoms with E-state index in [0.29, 0.717) is 23.0 Å². The quantitative estimate of drug-likeness (QED) is 0.624. The summed E-state index contributed by atoms with van der Waals surface area (Å²) in [6, 6.07) is 15.9. The first kappa shape index (κ1) is 17.3. The SMILES string of the molecule is O=C1N=NC(=O)c2c1nc(SCc1ccccc1F)n2Cc1ccccc1. The topological polar surface area (TPSA) is 76.7 Å². The number of hydrogen-bond acceptors (Lipinski definition) is 4. The van der Waals surface area contributed by atoms with Crippen molar-refractivity contribution in [3.63, 3.8) is 0 Å². The molecule has 2 aromatic carbocycles. The minimum atomic E-state index is -0.649. The van der Waals surface area contributed by atoms with Crippen molar-refractivity contribution in [1.29, 1.82) is 0 Å². The molecule has 2 amide bonds. The molecule has 0 unspecified atom stereocenters. The second-order valence-electron chi connectivity index (χ2n) is 5.85. The van der Waals surface area contributed by atoms with Crippen LogP contribution in [0.5, 0.6) is 0 Å². The molecule has 8 heteroatoms. The zero-order valence-corrected chi connectivity index (χ0v) is 14.8. The summed E-state index contributed by atoms with van der Waals surface area (Å²) in [5, 5.41) is 7.19. The molecular weight excluding hydrogens is 367 g/mol. The molecule has 6 nitrogen and oxygen atoms in total. The first-order valence-corrected chi connectivity index (χ1v) is 9.13. The number of carbonyl (C=O) groups is 2. The summed E-state index contributed by atoms with van der Waals surface area (Å²) in [6.07, 6.45) is 0. The summed E-state index contributed by atoms with van der Waals surface area (Å²) in [4.78, 5) is 28.6. The van der Waals surface area contributed by atoms with Gasteiger partial charge in [0, 0.05) is 5.75 Å². The first-order valence-electron chi connectivity index (χ1n) is 8.14. The summed E-state index contributed by atoms with van der Waals surface area (Å²) in [5.41, 5.74) is 1.56. The molecule has 27 heavy (non-hydrogen) atoms. The molecule has 0 atom stereocenters. The number of halogens is 1. The van der Waals surface area contributed by atoms with Gasteiger partial charge in [-0.2, -0.15) is 0 Å². The number of aromatic nitrogens is 2. The number of nitrogens with zero attached hydrogens (tertiary/aromatic N) is 4. The molecule has 0 fully saturated rings. The van der Waals surface area contributed by atoms with E-state index >= 15 is 0 Å². The number of fused-ring (bicyclic) bond motifs is 1. The van der Waals surface area contributed by atoms with Crippen LogP contribution in [0, 0.1) is 5.82 Å². The molecule has 0 bridgehead atoms. The lowest BCUT2D eigenvalue weighted by Gasteiger charge is -2.11. The number of azo groups is 1. The Hall–Kier alpha value is -3.13. The summed E-state index contributed by atoms with van der Waals surface area (Å²) in [6.45, 7) is 0.345. The lowest BCUT2D eigenvalue weighted by molar-refractivity contribution is 0.0912. The maximum Gasteiger partial charge on any atom is 0.316 e. The number of thioether (sulfide) groups is 1. The van der Waals surface area contributed by atoms with Gasteiger partial charge in [-0.15, -0.1) is 10.2 Å². The third-order valence-electron chi connectivity index (χ3n) is 4.07. The van der Waals surface area contributed by atoms with Crippen molar-refractivity contribution in [1.82, 2.24) is 9.55 Å². The summed E-state index contributed by atoms with van der Waals surface area (Å²) in [7, 11) is 0. The Balaban J connectivity index is 1.72. The van der Waals surface area contributed by atoms with Crippen LogP contribution in [0.25, 0.3) is 0 Å². The van der Waals surface area contributed by atoms with E-state index < -0.39 is 11.8 Å².